The molecule has 0 saturated carbocycles. The molecule has 2 aliphatic rings. The van der Waals surface area contributed by atoms with E-state index in [0.717, 1.165) is 13.1 Å². The van der Waals surface area contributed by atoms with Gasteiger partial charge in [-0.05, 0) is 19.5 Å². The topological polar surface area (TPSA) is 23.6 Å². The highest BCUT2D eigenvalue weighted by molar-refractivity contribution is 6.18. The molecule has 0 unspecified atom stereocenters. The van der Waals surface area contributed by atoms with Crippen LogP contribution in [0, 0.1) is 0 Å². The van der Waals surface area contributed by atoms with E-state index in [2.05, 4.69) is 4.90 Å². The van der Waals surface area contributed by atoms with Gasteiger partial charge in [0.15, 0.2) is 5.78 Å². The van der Waals surface area contributed by atoms with Crippen LogP contribution in [0.15, 0.2) is 24.4 Å². The molecule has 2 aliphatic heterocycles. The molecule has 0 aromatic carbocycles. The molecule has 0 aromatic rings. The molecule has 0 N–H and O–H groups in total. The van der Waals surface area contributed by atoms with Crippen LogP contribution in [-0.4, -0.2) is 47.3 Å². The number of rotatable bonds is 2. The van der Waals surface area contributed by atoms with Crippen molar-refractivity contribution >= 4 is 17.4 Å². The van der Waals surface area contributed by atoms with Crippen molar-refractivity contribution in [1.82, 2.24) is 9.80 Å². The Morgan fingerprint density at radius 3 is 3.07 bits per heavy atom. The average molecular weight is 227 g/mol. The Balaban J connectivity index is 2.16. The zero-order valence-electron chi connectivity index (χ0n) is 8.77. The van der Waals surface area contributed by atoms with E-state index in [1.54, 1.807) is 0 Å². The fourth-order valence-corrected chi connectivity index (χ4v) is 2.37. The number of Topliss-reactive ketones (excluding diaryl/α,β-unsaturated/α-hetero) is 1. The van der Waals surface area contributed by atoms with E-state index < -0.39 is 0 Å². The molecular weight excluding hydrogens is 212 g/mol. The zero-order chi connectivity index (χ0) is 10.8. The maximum absolute atomic E-state index is 12.1. The summed E-state index contributed by atoms with van der Waals surface area (Å²) in [4.78, 5) is 16.2. The van der Waals surface area contributed by atoms with Crippen molar-refractivity contribution < 1.29 is 4.79 Å². The van der Waals surface area contributed by atoms with Crippen LogP contribution < -0.4 is 0 Å². The van der Waals surface area contributed by atoms with Crippen LogP contribution in [0.3, 0.4) is 0 Å². The maximum Gasteiger partial charge on any atom is 0.176 e. The summed E-state index contributed by atoms with van der Waals surface area (Å²) < 4.78 is 0. The van der Waals surface area contributed by atoms with Gasteiger partial charge in [0.05, 0.1) is 12.7 Å². The summed E-state index contributed by atoms with van der Waals surface area (Å²) in [5.74, 6) is 0.789. The zero-order valence-corrected chi connectivity index (χ0v) is 9.52. The first-order valence-electron chi connectivity index (χ1n) is 5.14. The number of ketones is 1. The Morgan fingerprint density at radius 2 is 2.33 bits per heavy atom. The molecule has 0 aromatic heterocycles. The third-order valence-electron chi connectivity index (χ3n) is 2.96. The first-order valence-corrected chi connectivity index (χ1v) is 5.68. The molecule has 2 rings (SSSR count). The minimum atomic E-state index is -0.0839. The predicted octanol–water partition coefficient (Wildman–Crippen LogP) is 1.21. The fourth-order valence-electron chi connectivity index (χ4n) is 2.16. The highest BCUT2D eigenvalue weighted by Crippen LogP contribution is 2.21. The number of nitrogens with zero attached hydrogens (tertiary/aromatic N) is 2. The number of allylic oxidation sites excluding steroid dienone is 2. The maximum atomic E-state index is 12.1. The van der Waals surface area contributed by atoms with Crippen molar-refractivity contribution in [2.24, 2.45) is 0 Å². The molecule has 1 saturated heterocycles. The van der Waals surface area contributed by atoms with Gasteiger partial charge in [0.1, 0.15) is 6.04 Å². The summed E-state index contributed by atoms with van der Waals surface area (Å²) in [6.45, 7) is 0.790. The standard InChI is InChI=1S/C11H15ClN2O/c1-13-8-14-7-3-2-4-10(14)11(15)9(13)5-6-12/h2-4,7,9-10H,5-6,8H2,1H3/t9-,10+/m0/s1. The summed E-state index contributed by atoms with van der Waals surface area (Å²) >= 11 is 5.72. The number of hydrogen-bond donors (Lipinski definition) is 0. The number of carbonyl (C=O) groups excluding carboxylic acids is 1. The predicted molar refractivity (Wildman–Crippen MR) is 60.7 cm³/mol. The van der Waals surface area contributed by atoms with Gasteiger partial charge >= 0.3 is 0 Å². The van der Waals surface area contributed by atoms with Gasteiger partial charge in [-0.2, -0.15) is 0 Å². The lowest BCUT2D eigenvalue weighted by Crippen LogP contribution is -2.58. The monoisotopic (exact) mass is 226 g/mol. The molecule has 3 nitrogen and oxygen atoms in total. The molecule has 2 atom stereocenters. The fraction of sp³-hybridized carbons (Fsp3) is 0.545. The van der Waals surface area contributed by atoms with Gasteiger partial charge in [-0.1, -0.05) is 12.2 Å². The van der Waals surface area contributed by atoms with E-state index in [1.165, 1.54) is 0 Å². The van der Waals surface area contributed by atoms with Crippen LogP contribution in [-0.2, 0) is 4.79 Å². The molecule has 0 aliphatic carbocycles. The van der Waals surface area contributed by atoms with E-state index in [1.807, 2.05) is 36.4 Å². The lowest BCUT2D eigenvalue weighted by molar-refractivity contribution is -0.133. The Bertz CT molecular complexity index is 314. The molecule has 0 spiro atoms. The number of hydrogen-bond acceptors (Lipinski definition) is 3. The van der Waals surface area contributed by atoms with Crippen LogP contribution >= 0.6 is 11.6 Å². The van der Waals surface area contributed by atoms with Gasteiger partial charge in [-0.15, -0.1) is 11.6 Å². The number of fused-ring (bicyclic) bond motifs is 1. The molecule has 1 fully saturated rings. The number of alkyl halides is 1. The molecule has 15 heavy (non-hydrogen) atoms. The van der Waals surface area contributed by atoms with Crippen LogP contribution in [0.2, 0.25) is 0 Å². The van der Waals surface area contributed by atoms with Gasteiger partial charge in [-0.3, -0.25) is 9.69 Å². The third-order valence-corrected chi connectivity index (χ3v) is 3.18. The van der Waals surface area contributed by atoms with Crippen molar-refractivity contribution in [1.29, 1.82) is 0 Å². The van der Waals surface area contributed by atoms with E-state index in [9.17, 15) is 4.79 Å². The normalized spacial score (nSPS) is 30.8. The summed E-state index contributed by atoms with van der Waals surface area (Å²) in [7, 11) is 1.97. The van der Waals surface area contributed by atoms with E-state index in [4.69, 9.17) is 11.6 Å². The lowest BCUT2D eigenvalue weighted by Gasteiger charge is -2.43. The van der Waals surface area contributed by atoms with Crippen LogP contribution in [0.5, 0.6) is 0 Å². The van der Waals surface area contributed by atoms with Crippen molar-refractivity contribution in [3.63, 3.8) is 0 Å². The molecule has 82 valence electrons. The highest BCUT2D eigenvalue weighted by atomic mass is 35.5. The Kier molecular flexibility index (Phi) is 3.12. The van der Waals surface area contributed by atoms with Gasteiger partial charge < -0.3 is 4.90 Å². The Labute approximate surface area is 95.0 Å². The SMILES string of the molecule is CN1CN2C=CC=C[C@@H]2C(=O)[C@@H]1CCCl. The van der Waals surface area contributed by atoms with E-state index >= 15 is 0 Å². The average Bonchev–Trinajstić information content (AvgIpc) is 2.24. The molecule has 0 amide bonds. The molecular formula is C11H15ClN2O. The lowest BCUT2D eigenvalue weighted by atomic mass is 9.96. The summed E-state index contributed by atoms with van der Waals surface area (Å²) in [6.07, 6.45) is 8.55. The second-order valence-electron chi connectivity index (χ2n) is 3.98. The van der Waals surface area contributed by atoms with Gasteiger partial charge in [0.2, 0.25) is 0 Å². The van der Waals surface area contributed by atoms with Gasteiger partial charge in [0.25, 0.3) is 0 Å². The molecule has 0 radical (unpaired) electrons. The smallest absolute Gasteiger partial charge is 0.176 e. The van der Waals surface area contributed by atoms with Crippen molar-refractivity contribution in [3.8, 4) is 0 Å². The largest absolute Gasteiger partial charge is 0.351 e. The molecule has 2 heterocycles. The minimum absolute atomic E-state index is 0.0279. The quantitative estimate of drug-likeness (QED) is 0.662. The van der Waals surface area contributed by atoms with Gasteiger partial charge in [0, 0.05) is 12.1 Å². The number of likely N-dealkylation sites (N-methyl/N-ethyl adjacent to an activating group) is 1. The number of halogens is 1. The molecule has 0 bridgehead atoms. The summed E-state index contributed by atoms with van der Waals surface area (Å²) in [5.41, 5.74) is 0. The summed E-state index contributed by atoms with van der Waals surface area (Å²) in [6, 6.07) is -0.112. The highest BCUT2D eigenvalue weighted by Gasteiger charge is 2.36. The van der Waals surface area contributed by atoms with Crippen molar-refractivity contribution in [2.45, 2.75) is 18.5 Å². The first-order chi connectivity index (χ1) is 7.24. The van der Waals surface area contributed by atoms with Crippen LogP contribution in [0.4, 0.5) is 0 Å². The second kappa shape index (κ2) is 4.37. The van der Waals surface area contributed by atoms with E-state index in [0.29, 0.717) is 5.88 Å². The second-order valence-corrected chi connectivity index (χ2v) is 4.36. The first kappa shape index (κ1) is 10.7. The Morgan fingerprint density at radius 1 is 1.53 bits per heavy atom. The third kappa shape index (κ3) is 1.94. The Hall–Kier alpha value is -0.800. The number of carbonyl (C=O) groups is 1. The summed E-state index contributed by atoms with van der Waals surface area (Å²) in [5, 5.41) is 0. The van der Waals surface area contributed by atoms with Crippen LogP contribution in [0.25, 0.3) is 0 Å². The van der Waals surface area contributed by atoms with Crippen LogP contribution in [0.1, 0.15) is 6.42 Å². The van der Waals surface area contributed by atoms with Crippen molar-refractivity contribution in [3.05, 3.63) is 24.4 Å². The molecule has 4 heteroatoms. The van der Waals surface area contributed by atoms with E-state index in [-0.39, 0.29) is 17.9 Å². The van der Waals surface area contributed by atoms with Gasteiger partial charge in [-0.25, -0.2) is 0 Å². The minimum Gasteiger partial charge on any atom is -0.351 e. The van der Waals surface area contributed by atoms with Crippen molar-refractivity contribution in [2.75, 3.05) is 19.6 Å².